The molecule has 0 spiro atoms. The van der Waals surface area contributed by atoms with Crippen molar-refractivity contribution in [2.24, 2.45) is 0 Å². The molecule has 7 heteroatoms. The van der Waals surface area contributed by atoms with Crippen LogP contribution < -0.4 is 21.2 Å². The fourth-order valence-corrected chi connectivity index (χ4v) is 9.08. The molecular formula is C29H26I3N2OS-. The van der Waals surface area contributed by atoms with E-state index in [4.69, 9.17) is 9.72 Å². The van der Waals surface area contributed by atoms with Crippen LogP contribution in [0.1, 0.15) is 39.2 Å². The van der Waals surface area contributed by atoms with Crippen molar-refractivity contribution in [2.45, 2.75) is 32.7 Å². The minimum atomic E-state index is -0.0430. The Morgan fingerprint density at radius 2 is 1.72 bits per heavy atom. The molecule has 3 aromatic carbocycles. The van der Waals surface area contributed by atoms with Gasteiger partial charge in [0.1, 0.15) is 0 Å². The zero-order valence-electron chi connectivity index (χ0n) is 19.7. The van der Waals surface area contributed by atoms with Crippen LogP contribution in [0.5, 0.6) is 0 Å². The van der Waals surface area contributed by atoms with Crippen LogP contribution in [0.2, 0.25) is 0 Å². The summed E-state index contributed by atoms with van der Waals surface area (Å²) < 4.78 is 10.2. The van der Waals surface area contributed by atoms with E-state index in [0.717, 1.165) is 46.9 Å². The number of rotatable bonds is 12. The summed E-state index contributed by atoms with van der Waals surface area (Å²) in [6.07, 6.45) is 1.92. The van der Waals surface area contributed by atoms with Crippen LogP contribution in [0.3, 0.4) is 0 Å². The Balaban J connectivity index is 1.39. The molecule has 0 aliphatic carbocycles. The molecule has 3 nitrogen and oxygen atoms in total. The van der Waals surface area contributed by atoms with E-state index in [1.807, 2.05) is 23.5 Å². The van der Waals surface area contributed by atoms with Crippen LogP contribution in [0.15, 0.2) is 72.8 Å². The third kappa shape index (κ3) is 8.21. The number of benzene rings is 3. The van der Waals surface area contributed by atoms with Gasteiger partial charge in [-0.1, -0.05) is 0 Å². The Morgan fingerprint density at radius 1 is 0.944 bits per heavy atom. The molecule has 186 valence electrons. The van der Waals surface area contributed by atoms with Crippen molar-refractivity contribution in [1.29, 1.82) is 5.26 Å². The van der Waals surface area contributed by atoms with Crippen molar-refractivity contribution in [3.05, 3.63) is 109 Å². The quantitative estimate of drug-likeness (QED) is 0.113. The van der Waals surface area contributed by atoms with Gasteiger partial charge in [0.25, 0.3) is 0 Å². The Morgan fingerprint density at radius 3 is 2.44 bits per heavy atom. The number of aromatic nitrogens is 1. The van der Waals surface area contributed by atoms with Crippen LogP contribution in [-0.2, 0) is 31.0 Å². The third-order valence-electron chi connectivity index (χ3n) is 5.57. The number of hydrogen-bond donors (Lipinski definition) is 0. The van der Waals surface area contributed by atoms with E-state index in [0.29, 0.717) is 6.61 Å². The van der Waals surface area contributed by atoms with Crippen LogP contribution in [0, 0.1) is 14.9 Å². The van der Waals surface area contributed by atoms with Crippen LogP contribution in [0.4, 0.5) is 0 Å². The minimum absolute atomic E-state index is 0.0430. The van der Waals surface area contributed by atoms with Crippen molar-refractivity contribution in [3.8, 4) is 16.6 Å². The first-order chi connectivity index (χ1) is 17.7. The van der Waals surface area contributed by atoms with Gasteiger partial charge >= 0.3 is 258 Å². The summed E-state index contributed by atoms with van der Waals surface area (Å²) >= 11 is 6.48. The molecule has 0 amide bonds. The molecule has 0 fully saturated rings. The monoisotopic (exact) mass is 831 g/mol. The van der Waals surface area contributed by atoms with Crippen molar-refractivity contribution in [1.82, 2.24) is 4.98 Å². The molecule has 4 aromatic rings. The topological polar surface area (TPSA) is 45.9 Å². The van der Waals surface area contributed by atoms with Crippen LogP contribution in [0.25, 0.3) is 10.6 Å². The number of nitrogens with zero attached hydrogens (tertiary/aromatic N) is 2. The van der Waals surface area contributed by atoms with Gasteiger partial charge in [0.15, 0.2) is 0 Å². The average Bonchev–Trinajstić information content (AvgIpc) is 3.32. The van der Waals surface area contributed by atoms with Gasteiger partial charge < -0.3 is 0 Å². The molecule has 0 saturated heterocycles. The summed E-state index contributed by atoms with van der Waals surface area (Å²) in [5, 5.41) is 10.3. The second-order valence-electron chi connectivity index (χ2n) is 8.24. The number of nitriles is 1. The predicted octanol–water partition coefficient (Wildman–Crippen LogP) is 5.16. The molecule has 0 saturated carbocycles. The fourth-order valence-electron chi connectivity index (χ4n) is 3.62. The van der Waals surface area contributed by atoms with Gasteiger partial charge in [-0.15, -0.1) is 0 Å². The van der Waals surface area contributed by atoms with E-state index in [9.17, 15) is 5.26 Å². The molecule has 0 N–H and O–H groups in total. The first-order valence-electron chi connectivity index (χ1n) is 11.6. The Bertz CT molecular complexity index is 1300. The number of thiazole rings is 1. The molecule has 0 bridgehead atoms. The molecule has 1 heterocycles. The zero-order chi connectivity index (χ0) is 25.2. The van der Waals surface area contributed by atoms with E-state index in [1.165, 1.54) is 32.8 Å². The molecule has 4 rings (SSSR count). The van der Waals surface area contributed by atoms with E-state index in [2.05, 4.69) is 112 Å². The number of halogens is 3. The van der Waals surface area contributed by atoms with Crippen LogP contribution in [-0.4, -0.2) is 11.6 Å². The van der Waals surface area contributed by atoms with Gasteiger partial charge in [-0.3, -0.25) is 0 Å². The molecule has 0 aliphatic rings. The van der Waals surface area contributed by atoms with E-state index >= 15 is 0 Å². The first-order valence-corrected chi connectivity index (χ1v) is 18.1. The number of hydrogen-bond acceptors (Lipinski definition) is 4. The summed E-state index contributed by atoms with van der Waals surface area (Å²) in [5.74, 6) is 0. The summed E-state index contributed by atoms with van der Waals surface area (Å²) in [4.78, 5) is 6.53. The predicted molar refractivity (Wildman–Crippen MR) is 161 cm³/mol. The Kier molecular flexibility index (Phi) is 11.5. The fraction of sp³-hybridized carbons (Fsp3) is 0.241. The average molecular weight is 831 g/mol. The van der Waals surface area contributed by atoms with Gasteiger partial charge in [-0.2, -0.15) is 0 Å². The number of aryl methyl sites for hydroxylation is 1. The molecule has 36 heavy (non-hydrogen) atoms. The van der Waals surface area contributed by atoms with E-state index in [-0.39, 0.29) is 21.2 Å². The first kappa shape index (κ1) is 28.0. The van der Waals surface area contributed by atoms with E-state index in [1.54, 1.807) is 0 Å². The standard InChI is InChI=1S/C29H26I3N2OS/c30-16-21-8-11-24(12-9-21)29-34-27(7-4-14-35-20-22-5-2-1-3-6-22)28(36-29)18-32-17-23-10-13-25(19-33)26(31)15-23/h1-3,5-6,8-13,15H,4,7,14,16-18,20H2/q-1. The maximum atomic E-state index is 9.19. The normalized spacial score (nSPS) is 11.0. The number of ether oxygens (including phenoxy) is 1. The SMILES string of the molecule is N#Cc1ccc(C[I-]Cc2sc(-c3ccc(CI)cc3)nc2CCCOCc2ccccc2)cc1I. The van der Waals surface area contributed by atoms with Crippen LogP contribution >= 0.6 is 56.5 Å². The molecule has 0 aliphatic heterocycles. The van der Waals surface area contributed by atoms with Gasteiger partial charge in [-0.05, 0) is 0 Å². The van der Waals surface area contributed by atoms with Gasteiger partial charge in [0, 0.05) is 0 Å². The third-order valence-corrected chi connectivity index (χ3v) is 11.7. The Labute approximate surface area is 255 Å². The maximum absolute atomic E-state index is 9.19. The summed E-state index contributed by atoms with van der Waals surface area (Å²) in [6.45, 7) is 1.40. The second-order valence-corrected chi connectivity index (χ2v) is 13.9. The number of alkyl halides is 3. The summed E-state index contributed by atoms with van der Waals surface area (Å²) in [5.41, 5.74) is 7.10. The van der Waals surface area contributed by atoms with Gasteiger partial charge in [-0.25, -0.2) is 0 Å². The summed E-state index contributed by atoms with van der Waals surface area (Å²) in [7, 11) is 0. The van der Waals surface area contributed by atoms with E-state index < -0.39 is 0 Å². The van der Waals surface area contributed by atoms with Crippen molar-refractivity contribution in [3.63, 3.8) is 0 Å². The summed E-state index contributed by atoms with van der Waals surface area (Å²) in [6, 6.07) is 27.7. The van der Waals surface area contributed by atoms with Crippen molar-refractivity contribution >= 4 is 56.5 Å². The molecule has 1 aromatic heterocycles. The van der Waals surface area contributed by atoms with Gasteiger partial charge in [0.05, 0.1) is 0 Å². The van der Waals surface area contributed by atoms with Gasteiger partial charge in [0.2, 0.25) is 0 Å². The molecular weight excluding hydrogens is 805 g/mol. The molecule has 0 radical (unpaired) electrons. The molecule has 0 atom stereocenters. The van der Waals surface area contributed by atoms with Crippen molar-refractivity contribution < 1.29 is 25.9 Å². The second kappa shape index (κ2) is 14.8. The zero-order valence-corrected chi connectivity index (χ0v) is 27.0. The Hall–Kier alpha value is -1.07. The van der Waals surface area contributed by atoms with Crippen molar-refractivity contribution in [2.75, 3.05) is 6.61 Å². The molecule has 0 unspecified atom stereocenters.